The second-order valence-electron chi connectivity index (χ2n) is 4.38. The van der Waals surface area contributed by atoms with Gasteiger partial charge in [-0.15, -0.1) is 0 Å². The van der Waals surface area contributed by atoms with Crippen LogP contribution in [0.4, 0.5) is 0 Å². The molecule has 3 atom stereocenters. The Morgan fingerprint density at radius 1 is 1.23 bits per heavy atom. The van der Waals surface area contributed by atoms with Crippen LogP contribution in [0.1, 0.15) is 38.5 Å². The van der Waals surface area contributed by atoms with Crippen LogP contribution in [0.25, 0.3) is 0 Å². The molecule has 0 aliphatic heterocycles. The molecule has 0 amide bonds. The minimum atomic E-state index is -0.0425. The van der Waals surface area contributed by atoms with E-state index >= 15 is 0 Å². The van der Waals surface area contributed by atoms with Crippen LogP contribution in [-0.4, -0.2) is 5.71 Å². The van der Waals surface area contributed by atoms with Crippen molar-refractivity contribution in [2.24, 2.45) is 17.8 Å². The fraction of sp³-hybridized carbons (Fsp3) is 0.818. The molecule has 0 saturated heterocycles. The highest BCUT2D eigenvalue weighted by Gasteiger charge is 2.37. The molecule has 2 rings (SSSR count). The van der Waals surface area contributed by atoms with E-state index in [9.17, 15) is 0 Å². The Labute approximate surface area is 79.5 Å². The third-order valence-electron chi connectivity index (χ3n) is 3.69. The monoisotopic (exact) mass is 176 g/mol. The molecule has 1 N–H and O–H groups in total. The average Bonchev–Trinajstić information content (AvgIpc) is 2.18. The zero-order valence-corrected chi connectivity index (χ0v) is 7.92. The third kappa shape index (κ3) is 1.48. The minimum Gasteiger partial charge on any atom is -0.308 e. The third-order valence-corrected chi connectivity index (χ3v) is 3.69. The fourth-order valence-corrected chi connectivity index (χ4v) is 2.96. The molecule has 0 aromatic heterocycles. The summed E-state index contributed by atoms with van der Waals surface area (Å²) < 4.78 is 0. The van der Waals surface area contributed by atoms with Crippen LogP contribution in [0.5, 0.6) is 0 Å². The lowest BCUT2D eigenvalue weighted by atomic mass is 9.65. The lowest BCUT2D eigenvalue weighted by molar-refractivity contribution is 0.190. The summed E-state index contributed by atoms with van der Waals surface area (Å²) in [5, 5.41) is 16.8. The molecule has 2 heteroatoms. The van der Waals surface area contributed by atoms with E-state index in [1.54, 1.807) is 0 Å². The first kappa shape index (κ1) is 8.74. The largest absolute Gasteiger partial charge is 0.308 e. The van der Waals surface area contributed by atoms with Crippen molar-refractivity contribution in [1.29, 1.82) is 10.7 Å². The van der Waals surface area contributed by atoms with Gasteiger partial charge in [0.2, 0.25) is 0 Å². The van der Waals surface area contributed by atoms with Crippen LogP contribution in [0.15, 0.2) is 0 Å². The van der Waals surface area contributed by atoms with Gasteiger partial charge in [0.25, 0.3) is 0 Å². The van der Waals surface area contributed by atoms with Crippen molar-refractivity contribution in [2.75, 3.05) is 0 Å². The van der Waals surface area contributed by atoms with Crippen LogP contribution in [0, 0.1) is 34.5 Å². The van der Waals surface area contributed by atoms with Gasteiger partial charge in [0, 0.05) is 5.71 Å². The van der Waals surface area contributed by atoms with Gasteiger partial charge in [-0.2, -0.15) is 5.26 Å². The van der Waals surface area contributed by atoms with Gasteiger partial charge in [0.15, 0.2) is 0 Å². The molecule has 0 aromatic carbocycles. The van der Waals surface area contributed by atoms with E-state index in [1.807, 2.05) is 0 Å². The number of nitriles is 1. The Kier molecular flexibility index (Phi) is 2.35. The number of nitrogens with zero attached hydrogens (tertiary/aromatic N) is 1. The summed E-state index contributed by atoms with van der Waals surface area (Å²) in [5.74, 6) is 1.24. The maximum Gasteiger partial charge on any atom is 0.0869 e. The summed E-state index contributed by atoms with van der Waals surface area (Å²) in [4.78, 5) is 0. The van der Waals surface area contributed by atoms with Gasteiger partial charge in [-0.05, 0) is 31.1 Å². The number of fused-ring (bicyclic) bond motifs is 1. The average molecular weight is 176 g/mol. The highest BCUT2D eigenvalue weighted by atomic mass is 14.5. The zero-order valence-electron chi connectivity index (χ0n) is 7.92. The molecular formula is C11H16N2. The maximum atomic E-state index is 9.01. The van der Waals surface area contributed by atoms with Gasteiger partial charge in [-0.3, -0.25) is 0 Å². The molecule has 13 heavy (non-hydrogen) atoms. The summed E-state index contributed by atoms with van der Waals surface area (Å²) in [7, 11) is 0. The van der Waals surface area contributed by atoms with Gasteiger partial charge in [0.1, 0.15) is 0 Å². The molecule has 0 bridgehead atoms. The summed E-state index contributed by atoms with van der Waals surface area (Å²) >= 11 is 0. The molecule has 0 spiro atoms. The summed E-state index contributed by atoms with van der Waals surface area (Å²) in [6.45, 7) is 0. The molecular weight excluding hydrogens is 160 g/mol. The fourth-order valence-electron chi connectivity index (χ4n) is 2.96. The summed E-state index contributed by atoms with van der Waals surface area (Å²) in [6.07, 6.45) is 7.14. The van der Waals surface area contributed by atoms with Gasteiger partial charge in [0.05, 0.1) is 12.0 Å². The van der Waals surface area contributed by atoms with E-state index in [0.29, 0.717) is 11.6 Å². The van der Waals surface area contributed by atoms with Crippen molar-refractivity contribution >= 4 is 5.71 Å². The van der Waals surface area contributed by atoms with Crippen LogP contribution in [0.3, 0.4) is 0 Å². The Hall–Kier alpha value is -0.840. The SMILES string of the molecule is N#CC1C(=N)CCC2CCCCC21. The van der Waals surface area contributed by atoms with E-state index in [2.05, 4.69) is 6.07 Å². The number of hydrogen-bond acceptors (Lipinski definition) is 2. The topological polar surface area (TPSA) is 47.6 Å². The van der Waals surface area contributed by atoms with E-state index < -0.39 is 0 Å². The highest BCUT2D eigenvalue weighted by molar-refractivity contribution is 5.87. The predicted molar refractivity (Wildman–Crippen MR) is 51.5 cm³/mol. The molecule has 2 fully saturated rings. The van der Waals surface area contributed by atoms with Crippen molar-refractivity contribution in [3.05, 3.63) is 0 Å². The molecule has 0 radical (unpaired) electrons. The number of rotatable bonds is 0. The minimum absolute atomic E-state index is 0.0425. The molecule has 2 aliphatic rings. The van der Waals surface area contributed by atoms with Gasteiger partial charge in [-0.1, -0.05) is 19.3 Å². The first-order valence-corrected chi connectivity index (χ1v) is 5.30. The highest BCUT2D eigenvalue weighted by Crippen LogP contribution is 2.42. The molecule has 70 valence electrons. The number of hydrogen-bond donors (Lipinski definition) is 1. The summed E-state index contributed by atoms with van der Waals surface area (Å²) in [6, 6.07) is 2.33. The summed E-state index contributed by atoms with van der Waals surface area (Å²) in [5.41, 5.74) is 0.700. The predicted octanol–water partition coefficient (Wildman–Crippen LogP) is 2.75. The lowest BCUT2D eigenvalue weighted by Crippen LogP contribution is -2.35. The molecule has 0 aromatic rings. The van der Waals surface area contributed by atoms with Crippen molar-refractivity contribution in [3.63, 3.8) is 0 Å². The first-order valence-electron chi connectivity index (χ1n) is 5.30. The Balaban J connectivity index is 2.14. The molecule has 2 nitrogen and oxygen atoms in total. The van der Waals surface area contributed by atoms with Crippen LogP contribution in [0.2, 0.25) is 0 Å². The van der Waals surface area contributed by atoms with E-state index in [4.69, 9.17) is 10.7 Å². The maximum absolute atomic E-state index is 9.01. The molecule has 3 unspecified atom stereocenters. The Morgan fingerprint density at radius 3 is 2.77 bits per heavy atom. The van der Waals surface area contributed by atoms with E-state index in [1.165, 1.54) is 32.1 Å². The van der Waals surface area contributed by atoms with Crippen molar-refractivity contribution < 1.29 is 0 Å². The second kappa shape index (κ2) is 3.49. The van der Waals surface area contributed by atoms with Gasteiger partial charge in [-0.25, -0.2) is 0 Å². The van der Waals surface area contributed by atoms with Crippen molar-refractivity contribution in [2.45, 2.75) is 38.5 Å². The van der Waals surface area contributed by atoms with Crippen molar-refractivity contribution in [1.82, 2.24) is 0 Å². The van der Waals surface area contributed by atoms with Crippen molar-refractivity contribution in [3.8, 4) is 6.07 Å². The first-order chi connectivity index (χ1) is 6.33. The van der Waals surface area contributed by atoms with Crippen LogP contribution in [-0.2, 0) is 0 Å². The normalized spacial score (nSPS) is 39.3. The van der Waals surface area contributed by atoms with Crippen LogP contribution < -0.4 is 0 Å². The van der Waals surface area contributed by atoms with Gasteiger partial charge < -0.3 is 5.41 Å². The standard InChI is InChI=1S/C11H16N2/c12-7-10-9-4-2-1-3-8(9)5-6-11(10)13/h8-10,13H,1-6H2. The van der Waals surface area contributed by atoms with Crippen LogP contribution >= 0.6 is 0 Å². The Morgan fingerprint density at radius 2 is 2.00 bits per heavy atom. The number of nitrogens with one attached hydrogen (secondary N) is 1. The van der Waals surface area contributed by atoms with E-state index in [-0.39, 0.29) is 5.92 Å². The molecule has 2 aliphatic carbocycles. The van der Waals surface area contributed by atoms with E-state index in [0.717, 1.165) is 12.3 Å². The smallest absolute Gasteiger partial charge is 0.0869 e. The molecule has 0 heterocycles. The quantitative estimate of drug-likeness (QED) is 0.606. The molecule has 2 saturated carbocycles. The Bertz CT molecular complexity index is 251. The zero-order chi connectivity index (χ0) is 9.26. The van der Waals surface area contributed by atoms with Gasteiger partial charge >= 0.3 is 0 Å². The second-order valence-corrected chi connectivity index (χ2v) is 4.38. The lowest BCUT2D eigenvalue weighted by Gasteiger charge is -2.38.